The van der Waals surface area contributed by atoms with Crippen molar-refractivity contribution in [3.63, 3.8) is 0 Å². The highest BCUT2D eigenvalue weighted by atomic mass is 32.1. The molecule has 0 saturated heterocycles. The van der Waals surface area contributed by atoms with E-state index in [-0.39, 0.29) is 30.6 Å². The Morgan fingerprint density at radius 2 is 2.00 bits per heavy atom. The molecule has 4 nitrogen and oxygen atoms in total. The van der Waals surface area contributed by atoms with E-state index < -0.39 is 17.7 Å². The van der Waals surface area contributed by atoms with Gasteiger partial charge in [-0.3, -0.25) is 0 Å². The summed E-state index contributed by atoms with van der Waals surface area (Å²) in [4.78, 5) is 11.7. The average molecular weight is 452 g/mol. The van der Waals surface area contributed by atoms with E-state index in [1.165, 1.54) is 24.3 Å². The van der Waals surface area contributed by atoms with Crippen molar-refractivity contribution in [3.8, 4) is 0 Å². The SMILES string of the molecule is O=C(C=Cc1cccc(C(F)(F)F)c1)OCCNC(=S)NC1CCc2c(F)cccc21. The maximum atomic E-state index is 13.8. The number of nitrogens with one attached hydrogen (secondary N) is 2. The van der Waals surface area contributed by atoms with E-state index in [0.29, 0.717) is 17.1 Å². The number of hydrogen-bond donors (Lipinski definition) is 2. The van der Waals surface area contributed by atoms with E-state index in [9.17, 15) is 22.4 Å². The van der Waals surface area contributed by atoms with Crippen molar-refractivity contribution in [1.82, 2.24) is 10.6 Å². The first kappa shape index (κ1) is 22.7. The highest BCUT2D eigenvalue weighted by Gasteiger charge is 2.30. The van der Waals surface area contributed by atoms with Crippen LogP contribution < -0.4 is 10.6 Å². The average Bonchev–Trinajstić information content (AvgIpc) is 3.13. The molecule has 0 saturated carbocycles. The second-order valence-corrected chi connectivity index (χ2v) is 7.33. The molecule has 9 heteroatoms. The fraction of sp³-hybridized carbons (Fsp3) is 0.273. The minimum absolute atomic E-state index is 0.0173. The number of hydrogen-bond acceptors (Lipinski definition) is 3. The Bertz CT molecular complexity index is 992. The molecule has 0 aliphatic heterocycles. The quantitative estimate of drug-likeness (QED) is 0.221. The number of benzene rings is 2. The van der Waals surface area contributed by atoms with Crippen molar-refractivity contribution >= 4 is 29.4 Å². The molecule has 1 unspecified atom stereocenters. The number of carbonyl (C=O) groups excluding carboxylic acids is 1. The molecule has 2 N–H and O–H groups in total. The van der Waals surface area contributed by atoms with Crippen LogP contribution in [0.4, 0.5) is 17.6 Å². The van der Waals surface area contributed by atoms with Crippen LogP contribution in [0.2, 0.25) is 0 Å². The van der Waals surface area contributed by atoms with Gasteiger partial charge < -0.3 is 15.4 Å². The number of alkyl halides is 3. The van der Waals surface area contributed by atoms with Crippen LogP contribution in [0.1, 0.15) is 34.7 Å². The van der Waals surface area contributed by atoms with Crippen molar-refractivity contribution in [1.29, 1.82) is 0 Å². The van der Waals surface area contributed by atoms with E-state index in [1.54, 1.807) is 6.07 Å². The molecule has 1 atom stereocenters. The van der Waals surface area contributed by atoms with E-state index in [4.69, 9.17) is 17.0 Å². The van der Waals surface area contributed by atoms with Crippen LogP contribution in [0.25, 0.3) is 6.08 Å². The van der Waals surface area contributed by atoms with Crippen LogP contribution in [0.5, 0.6) is 0 Å². The first-order valence-corrected chi connectivity index (χ1v) is 9.98. The number of fused-ring (bicyclic) bond motifs is 1. The predicted octanol–water partition coefficient (Wildman–Crippen LogP) is 4.55. The Morgan fingerprint density at radius 3 is 2.77 bits per heavy atom. The van der Waals surface area contributed by atoms with Crippen molar-refractivity contribution in [2.75, 3.05) is 13.2 Å². The lowest BCUT2D eigenvalue weighted by atomic mass is 10.1. The fourth-order valence-electron chi connectivity index (χ4n) is 3.32. The first-order valence-electron chi connectivity index (χ1n) is 9.58. The summed E-state index contributed by atoms with van der Waals surface area (Å²) in [7, 11) is 0. The van der Waals surface area contributed by atoms with Crippen LogP contribution in [0.15, 0.2) is 48.5 Å². The number of halogens is 4. The molecule has 1 aliphatic rings. The van der Waals surface area contributed by atoms with Gasteiger partial charge in [-0.2, -0.15) is 13.2 Å². The van der Waals surface area contributed by atoms with Gasteiger partial charge in [0.25, 0.3) is 0 Å². The zero-order valence-electron chi connectivity index (χ0n) is 16.3. The molecule has 0 fully saturated rings. The first-order chi connectivity index (χ1) is 14.7. The summed E-state index contributed by atoms with van der Waals surface area (Å²) in [5, 5.41) is 6.39. The van der Waals surface area contributed by atoms with Crippen LogP contribution in [0.3, 0.4) is 0 Å². The molecule has 0 spiro atoms. The van der Waals surface area contributed by atoms with Crippen LogP contribution in [0, 0.1) is 5.82 Å². The molecular formula is C22H20F4N2O2S. The maximum absolute atomic E-state index is 13.8. The minimum Gasteiger partial charge on any atom is -0.461 e. The lowest BCUT2D eigenvalue weighted by Crippen LogP contribution is -2.38. The summed E-state index contributed by atoms with van der Waals surface area (Å²) in [5.74, 6) is -0.899. The number of carbonyl (C=O) groups is 1. The number of rotatable bonds is 6. The summed E-state index contributed by atoms with van der Waals surface area (Å²) >= 11 is 5.23. The van der Waals surface area contributed by atoms with Gasteiger partial charge in [-0.25, -0.2) is 9.18 Å². The highest BCUT2D eigenvalue weighted by Crippen LogP contribution is 2.32. The molecule has 1 aliphatic carbocycles. The molecule has 0 radical (unpaired) electrons. The van der Waals surface area contributed by atoms with Gasteiger partial charge in [0, 0.05) is 6.08 Å². The van der Waals surface area contributed by atoms with Gasteiger partial charge >= 0.3 is 12.1 Å². The largest absolute Gasteiger partial charge is 0.461 e. The van der Waals surface area contributed by atoms with Crippen LogP contribution in [-0.2, 0) is 22.1 Å². The van der Waals surface area contributed by atoms with Crippen LogP contribution in [-0.4, -0.2) is 24.2 Å². The Labute approximate surface area is 182 Å². The van der Waals surface area contributed by atoms with Gasteiger partial charge in [0.1, 0.15) is 12.4 Å². The monoisotopic (exact) mass is 452 g/mol. The zero-order valence-corrected chi connectivity index (χ0v) is 17.2. The van der Waals surface area contributed by atoms with Gasteiger partial charge in [0.05, 0.1) is 18.2 Å². The van der Waals surface area contributed by atoms with E-state index in [0.717, 1.165) is 30.2 Å². The smallest absolute Gasteiger partial charge is 0.416 e. The van der Waals surface area contributed by atoms with Gasteiger partial charge in [0.2, 0.25) is 0 Å². The van der Waals surface area contributed by atoms with Gasteiger partial charge in [-0.1, -0.05) is 24.3 Å². The number of ether oxygens (including phenoxy) is 1. The third kappa shape index (κ3) is 6.27. The summed E-state index contributed by atoms with van der Waals surface area (Å²) < 4.78 is 56.9. The summed E-state index contributed by atoms with van der Waals surface area (Å²) in [6.07, 6.45) is -0.757. The standard InChI is InChI=1S/C22H20F4N2O2S/c23-18-6-2-5-17-16(18)8-9-19(17)28-21(31)27-11-12-30-20(29)10-7-14-3-1-4-15(13-14)22(24,25)26/h1-7,10,13,19H,8-9,11-12H2,(H2,27,28,31). The molecule has 2 aromatic carbocycles. The van der Waals surface area contributed by atoms with Gasteiger partial charge in [0.15, 0.2) is 5.11 Å². The molecule has 2 aromatic rings. The topological polar surface area (TPSA) is 50.4 Å². The molecular weight excluding hydrogens is 432 g/mol. The molecule has 164 valence electrons. The third-order valence-corrected chi connectivity index (χ3v) is 5.04. The van der Waals surface area contributed by atoms with Crippen molar-refractivity contribution < 1.29 is 27.1 Å². The van der Waals surface area contributed by atoms with Crippen molar-refractivity contribution in [2.45, 2.75) is 25.1 Å². The molecule has 0 aromatic heterocycles. The Morgan fingerprint density at radius 1 is 1.23 bits per heavy atom. The van der Waals surface area contributed by atoms with Gasteiger partial charge in [-0.05, 0) is 66.0 Å². The number of esters is 1. The minimum atomic E-state index is -4.45. The molecule has 0 bridgehead atoms. The second-order valence-electron chi connectivity index (χ2n) is 6.92. The van der Waals surface area contributed by atoms with Crippen LogP contribution >= 0.6 is 12.2 Å². The predicted molar refractivity (Wildman–Crippen MR) is 113 cm³/mol. The Hall–Kier alpha value is -2.94. The molecule has 0 heterocycles. The lowest BCUT2D eigenvalue weighted by Gasteiger charge is -2.17. The summed E-state index contributed by atoms with van der Waals surface area (Å²) in [6, 6.07) is 9.51. The Balaban J connectivity index is 1.39. The lowest BCUT2D eigenvalue weighted by molar-refractivity contribution is -0.138. The zero-order chi connectivity index (χ0) is 22.4. The molecule has 3 rings (SSSR count). The summed E-state index contributed by atoms with van der Waals surface area (Å²) in [6.45, 7) is 0.265. The number of thiocarbonyl (C=S) groups is 1. The third-order valence-electron chi connectivity index (χ3n) is 4.78. The van der Waals surface area contributed by atoms with Crippen molar-refractivity contribution in [2.24, 2.45) is 0 Å². The Kier molecular flexibility index (Phi) is 7.27. The van der Waals surface area contributed by atoms with E-state index in [2.05, 4.69) is 10.6 Å². The van der Waals surface area contributed by atoms with Crippen molar-refractivity contribution in [3.05, 3.63) is 76.6 Å². The maximum Gasteiger partial charge on any atom is 0.416 e. The van der Waals surface area contributed by atoms with E-state index >= 15 is 0 Å². The van der Waals surface area contributed by atoms with E-state index in [1.807, 2.05) is 6.07 Å². The second kappa shape index (κ2) is 9.91. The summed E-state index contributed by atoms with van der Waals surface area (Å²) in [5.41, 5.74) is 1.03. The molecule has 31 heavy (non-hydrogen) atoms. The normalized spacial score (nSPS) is 15.5. The highest BCUT2D eigenvalue weighted by molar-refractivity contribution is 7.80. The molecule has 0 amide bonds. The van der Waals surface area contributed by atoms with Gasteiger partial charge in [-0.15, -0.1) is 0 Å². The fourth-order valence-corrected chi connectivity index (χ4v) is 3.56.